The summed E-state index contributed by atoms with van der Waals surface area (Å²) in [7, 11) is 2.18. The van der Waals surface area contributed by atoms with Crippen LogP contribution in [0.5, 0.6) is 0 Å². The van der Waals surface area contributed by atoms with Crippen molar-refractivity contribution in [3.05, 3.63) is 24.0 Å². The van der Waals surface area contributed by atoms with Crippen LogP contribution in [0.2, 0.25) is 19.6 Å². The summed E-state index contributed by atoms with van der Waals surface area (Å²) < 4.78 is 14.0. The molecule has 14 heavy (non-hydrogen) atoms. The zero-order chi connectivity index (χ0) is 10.9. The average Bonchev–Trinajstić information content (AvgIpc) is 2.01. The maximum absolute atomic E-state index is 14.0. The molecule has 78 valence electrons. The van der Waals surface area contributed by atoms with Crippen molar-refractivity contribution in [2.75, 3.05) is 19.0 Å². The predicted molar refractivity (Wildman–Crippen MR) is 63.7 cm³/mol. The van der Waals surface area contributed by atoms with E-state index in [0.717, 1.165) is 5.19 Å². The van der Waals surface area contributed by atoms with Gasteiger partial charge in [0.1, 0.15) is 5.82 Å². The third-order valence-corrected chi connectivity index (χ3v) is 4.27. The number of anilines is 1. The largest absolute Gasteiger partial charge is 0.375 e. The van der Waals surface area contributed by atoms with E-state index in [1.165, 1.54) is 0 Å². The van der Waals surface area contributed by atoms with Crippen LogP contribution in [-0.2, 0) is 0 Å². The summed E-state index contributed by atoms with van der Waals surface area (Å²) >= 11 is 0. The van der Waals surface area contributed by atoms with E-state index in [4.69, 9.17) is 0 Å². The molecule has 0 aliphatic carbocycles. The lowest BCUT2D eigenvalue weighted by Crippen LogP contribution is -2.40. The zero-order valence-corrected chi connectivity index (χ0v) is 10.6. The van der Waals surface area contributed by atoms with Crippen LogP contribution in [-0.4, -0.2) is 22.2 Å². The fourth-order valence-corrected chi connectivity index (χ4v) is 2.83. The van der Waals surface area contributed by atoms with E-state index in [9.17, 15) is 4.39 Å². The Bertz CT molecular complexity index is 329. The molecule has 1 aromatic carbocycles. The molecule has 0 fully saturated rings. The molecule has 1 nitrogen and oxygen atoms in total. The maximum Gasteiger partial charge on any atom is 0.145 e. The van der Waals surface area contributed by atoms with E-state index in [1.807, 2.05) is 37.2 Å². The zero-order valence-electron chi connectivity index (χ0n) is 9.56. The Morgan fingerprint density at radius 3 is 2.14 bits per heavy atom. The minimum Gasteiger partial charge on any atom is -0.375 e. The molecule has 1 aromatic rings. The number of benzene rings is 1. The third-order valence-electron chi connectivity index (χ3n) is 2.27. The summed E-state index contributed by atoms with van der Waals surface area (Å²) in [5.41, 5.74) is 0.685. The minimum atomic E-state index is -1.56. The molecule has 0 unspecified atom stereocenters. The van der Waals surface area contributed by atoms with E-state index in [0.29, 0.717) is 5.69 Å². The quantitative estimate of drug-likeness (QED) is 0.679. The molecule has 0 N–H and O–H groups in total. The topological polar surface area (TPSA) is 3.24 Å². The summed E-state index contributed by atoms with van der Waals surface area (Å²) in [4.78, 5) is 1.82. The van der Waals surface area contributed by atoms with Crippen LogP contribution in [0.3, 0.4) is 0 Å². The highest BCUT2D eigenvalue weighted by Gasteiger charge is 2.22. The van der Waals surface area contributed by atoms with E-state index in [-0.39, 0.29) is 5.82 Å². The van der Waals surface area contributed by atoms with Gasteiger partial charge in [-0.15, -0.1) is 0 Å². The second kappa shape index (κ2) is 3.73. The molecule has 0 radical (unpaired) electrons. The highest BCUT2D eigenvalue weighted by molar-refractivity contribution is 6.88. The molecule has 0 amide bonds. The molecule has 0 spiro atoms. The number of nitrogens with zero attached hydrogens (tertiary/aromatic N) is 1. The first-order valence-electron chi connectivity index (χ1n) is 4.80. The fraction of sp³-hybridized carbons (Fsp3) is 0.455. The van der Waals surface area contributed by atoms with Crippen molar-refractivity contribution in [2.45, 2.75) is 19.6 Å². The van der Waals surface area contributed by atoms with Crippen molar-refractivity contribution in [1.82, 2.24) is 0 Å². The number of halogens is 1. The predicted octanol–water partition coefficient (Wildman–Crippen LogP) is 2.44. The van der Waals surface area contributed by atoms with Crippen LogP contribution in [0.25, 0.3) is 0 Å². The third kappa shape index (κ3) is 2.15. The molecule has 1 rings (SSSR count). The van der Waals surface area contributed by atoms with Gasteiger partial charge in [-0.1, -0.05) is 31.8 Å². The van der Waals surface area contributed by atoms with Crippen molar-refractivity contribution in [2.24, 2.45) is 0 Å². The van der Waals surface area contributed by atoms with Crippen LogP contribution >= 0.6 is 0 Å². The molecule has 0 bridgehead atoms. The Labute approximate surface area is 86.6 Å². The summed E-state index contributed by atoms with van der Waals surface area (Å²) in [6.07, 6.45) is 0. The Kier molecular flexibility index (Phi) is 3.00. The van der Waals surface area contributed by atoms with Gasteiger partial charge >= 0.3 is 0 Å². The SMILES string of the molecule is CN(C)c1cccc([Si](C)(C)C)c1F. The standard InChI is InChI=1S/C11H18FNSi/c1-13(2)9-7-6-8-10(11(9)12)14(3,4)5/h6-8H,1-5H3. The molecular formula is C11H18FNSi. The fourth-order valence-electron chi connectivity index (χ4n) is 1.44. The second-order valence-electron chi connectivity index (χ2n) is 4.78. The molecule has 0 heterocycles. The van der Waals surface area contributed by atoms with Crippen LogP contribution < -0.4 is 10.1 Å². The van der Waals surface area contributed by atoms with Crippen molar-refractivity contribution in [3.63, 3.8) is 0 Å². The summed E-state index contributed by atoms with van der Waals surface area (Å²) in [5.74, 6) is -0.0448. The van der Waals surface area contributed by atoms with Crippen LogP contribution in [0, 0.1) is 5.82 Å². The normalized spacial score (nSPS) is 11.6. The van der Waals surface area contributed by atoms with Gasteiger partial charge in [-0.2, -0.15) is 0 Å². The molecule has 0 aliphatic rings. The van der Waals surface area contributed by atoms with Gasteiger partial charge in [0, 0.05) is 14.1 Å². The first-order valence-corrected chi connectivity index (χ1v) is 8.30. The summed E-state index contributed by atoms with van der Waals surface area (Å²) in [6.45, 7) is 6.47. The lowest BCUT2D eigenvalue weighted by molar-refractivity contribution is 0.633. The van der Waals surface area contributed by atoms with Crippen molar-refractivity contribution in [3.8, 4) is 0 Å². The van der Waals surface area contributed by atoms with E-state index < -0.39 is 8.07 Å². The Hall–Kier alpha value is -0.833. The molecule has 0 atom stereocenters. The van der Waals surface area contributed by atoms with Gasteiger partial charge in [-0.25, -0.2) is 4.39 Å². The summed E-state index contributed by atoms with van der Waals surface area (Å²) in [5, 5.41) is 0.906. The highest BCUT2D eigenvalue weighted by Crippen LogP contribution is 2.17. The molecular weight excluding hydrogens is 193 g/mol. The molecule has 0 aromatic heterocycles. The van der Waals surface area contributed by atoms with E-state index >= 15 is 0 Å². The minimum absolute atomic E-state index is 0.0448. The molecule has 0 saturated carbocycles. The van der Waals surface area contributed by atoms with Gasteiger partial charge in [-0.3, -0.25) is 0 Å². The van der Waals surface area contributed by atoms with Gasteiger partial charge < -0.3 is 4.90 Å². The van der Waals surface area contributed by atoms with Gasteiger partial charge in [-0.05, 0) is 11.3 Å². The molecule has 0 saturated heterocycles. The first kappa shape index (κ1) is 11.2. The number of rotatable bonds is 2. The lowest BCUT2D eigenvalue weighted by Gasteiger charge is -2.21. The van der Waals surface area contributed by atoms with E-state index in [2.05, 4.69) is 19.6 Å². The van der Waals surface area contributed by atoms with Crippen molar-refractivity contribution >= 4 is 18.9 Å². The Morgan fingerprint density at radius 1 is 1.14 bits per heavy atom. The Balaban J connectivity index is 3.28. The first-order chi connectivity index (χ1) is 6.34. The Morgan fingerprint density at radius 2 is 1.71 bits per heavy atom. The van der Waals surface area contributed by atoms with Crippen LogP contribution in [0.15, 0.2) is 18.2 Å². The lowest BCUT2D eigenvalue weighted by atomic mass is 10.3. The monoisotopic (exact) mass is 211 g/mol. The van der Waals surface area contributed by atoms with Gasteiger partial charge in [0.15, 0.2) is 0 Å². The smallest absolute Gasteiger partial charge is 0.145 e. The highest BCUT2D eigenvalue weighted by atomic mass is 28.3. The molecule has 0 aliphatic heterocycles. The van der Waals surface area contributed by atoms with Crippen molar-refractivity contribution < 1.29 is 4.39 Å². The molecule has 3 heteroatoms. The average molecular weight is 211 g/mol. The second-order valence-corrected chi connectivity index (χ2v) is 9.82. The van der Waals surface area contributed by atoms with Gasteiger partial charge in [0.05, 0.1) is 13.8 Å². The van der Waals surface area contributed by atoms with Gasteiger partial charge in [0.25, 0.3) is 0 Å². The number of hydrogen-bond donors (Lipinski definition) is 0. The maximum atomic E-state index is 14.0. The van der Waals surface area contributed by atoms with Crippen LogP contribution in [0.1, 0.15) is 0 Å². The van der Waals surface area contributed by atoms with Crippen molar-refractivity contribution in [1.29, 1.82) is 0 Å². The summed E-state index contributed by atoms with van der Waals surface area (Å²) in [6, 6.07) is 5.67. The van der Waals surface area contributed by atoms with E-state index in [1.54, 1.807) is 0 Å². The van der Waals surface area contributed by atoms with Gasteiger partial charge in [0.2, 0.25) is 0 Å². The van der Waals surface area contributed by atoms with Crippen LogP contribution in [0.4, 0.5) is 10.1 Å². The number of hydrogen-bond acceptors (Lipinski definition) is 1.